The van der Waals surface area contributed by atoms with Crippen LogP contribution in [-0.4, -0.2) is 33.5 Å². The highest BCUT2D eigenvalue weighted by Crippen LogP contribution is 2.30. The summed E-state index contributed by atoms with van der Waals surface area (Å²) in [7, 11) is -1.85. The Hall–Kier alpha value is -4.13. The van der Waals surface area contributed by atoms with E-state index in [-0.39, 0.29) is 28.6 Å². The third-order valence-corrected chi connectivity index (χ3v) is 6.24. The number of nitrogens with zero attached hydrogens (tertiary/aromatic N) is 1. The van der Waals surface area contributed by atoms with Crippen molar-refractivity contribution in [2.24, 2.45) is 0 Å². The van der Waals surface area contributed by atoms with Crippen molar-refractivity contribution in [1.29, 1.82) is 0 Å². The van der Waals surface area contributed by atoms with E-state index < -0.39 is 32.5 Å². The number of para-hydroxylation sites is 1. The molecular formula is C24H19F2N3O6S. The van der Waals surface area contributed by atoms with Crippen LogP contribution in [0.25, 0.3) is 10.9 Å². The van der Waals surface area contributed by atoms with Crippen LogP contribution >= 0.6 is 0 Å². The Labute approximate surface area is 204 Å². The third kappa shape index (κ3) is 5.25. The third-order valence-electron chi connectivity index (χ3n) is 4.94. The van der Waals surface area contributed by atoms with Gasteiger partial charge in [-0.15, -0.1) is 0 Å². The van der Waals surface area contributed by atoms with Gasteiger partial charge in [0.15, 0.2) is 11.6 Å². The number of fused-ring (bicyclic) bond motifs is 1. The summed E-state index contributed by atoms with van der Waals surface area (Å²) in [6, 6.07) is 15.4. The number of halogens is 2. The highest BCUT2D eigenvalue weighted by Gasteiger charge is 2.21. The number of carbonyl (C=O) groups excluding carboxylic acids is 1. The Bertz CT molecular complexity index is 1560. The average molecular weight is 515 g/mol. The summed E-state index contributed by atoms with van der Waals surface area (Å²) in [6.07, 6.45) is 0. The number of aromatic nitrogens is 1. The number of pyridine rings is 1. The van der Waals surface area contributed by atoms with Gasteiger partial charge in [0, 0.05) is 17.1 Å². The predicted octanol–water partition coefficient (Wildman–Crippen LogP) is 4.41. The highest BCUT2D eigenvalue weighted by atomic mass is 32.2. The van der Waals surface area contributed by atoms with Crippen molar-refractivity contribution in [3.05, 3.63) is 83.9 Å². The number of hydrogen-bond acceptors (Lipinski definition) is 7. The summed E-state index contributed by atoms with van der Waals surface area (Å²) in [5, 5.41) is 3.11. The fourth-order valence-corrected chi connectivity index (χ4v) is 4.18. The average Bonchev–Trinajstić information content (AvgIpc) is 2.83. The second-order valence-electron chi connectivity index (χ2n) is 7.32. The lowest BCUT2D eigenvalue weighted by Gasteiger charge is -2.13. The predicted molar refractivity (Wildman–Crippen MR) is 126 cm³/mol. The van der Waals surface area contributed by atoms with Crippen molar-refractivity contribution >= 4 is 32.5 Å². The van der Waals surface area contributed by atoms with E-state index >= 15 is 0 Å². The minimum absolute atomic E-state index is 0.0139. The van der Waals surface area contributed by atoms with Crippen molar-refractivity contribution < 1.29 is 36.3 Å². The molecule has 2 N–H and O–H groups in total. The van der Waals surface area contributed by atoms with Gasteiger partial charge in [-0.05, 0) is 42.5 Å². The highest BCUT2D eigenvalue weighted by molar-refractivity contribution is 7.89. The number of rotatable bonds is 8. The van der Waals surface area contributed by atoms with Gasteiger partial charge in [0.25, 0.3) is 15.9 Å². The number of nitrogens with one attached hydrogen (secondary N) is 2. The minimum Gasteiger partial charge on any atom is -0.494 e. The van der Waals surface area contributed by atoms with Gasteiger partial charge in [0.1, 0.15) is 22.0 Å². The molecule has 0 atom stereocenters. The van der Waals surface area contributed by atoms with Crippen LogP contribution in [0.2, 0.25) is 0 Å². The van der Waals surface area contributed by atoms with Crippen LogP contribution in [0.3, 0.4) is 0 Å². The molecule has 186 valence electrons. The summed E-state index contributed by atoms with van der Waals surface area (Å²) in [5.41, 5.74) is 0.468. The van der Waals surface area contributed by atoms with Crippen molar-refractivity contribution in [3.63, 3.8) is 0 Å². The Morgan fingerprint density at radius 3 is 2.42 bits per heavy atom. The molecule has 1 aromatic heterocycles. The summed E-state index contributed by atoms with van der Waals surface area (Å²) in [5.74, 6) is -2.55. The lowest BCUT2D eigenvalue weighted by Crippen LogP contribution is -2.23. The lowest BCUT2D eigenvalue weighted by molar-refractivity contribution is 0.102. The minimum atomic E-state index is -4.24. The molecule has 0 aliphatic rings. The first-order chi connectivity index (χ1) is 17.2. The first kappa shape index (κ1) is 25.0. The van der Waals surface area contributed by atoms with E-state index in [2.05, 4.69) is 15.1 Å². The topological polar surface area (TPSA) is 116 Å². The smallest absolute Gasteiger partial charge is 0.265 e. The first-order valence-corrected chi connectivity index (χ1v) is 11.8. The Kier molecular flexibility index (Phi) is 7.10. The molecule has 0 saturated carbocycles. The van der Waals surface area contributed by atoms with Crippen molar-refractivity contribution in [3.8, 4) is 17.4 Å². The molecule has 0 aliphatic heterocycles. The van der Waals surface area contributed by atoms with E-state index in [4.69, 9.17) is 9.47 Å². The van der Waals surface area contributed by atoms with Gasteiger partial charge in [-0.1, -0.05) is 23.1 Å². The van der Waals surface area contributed by atoms with Gasteiger partial charge in [-0.3, -0.25) is 9.63 Å². The number of sulfonamides is 1. The van der Waals surface area contributed by atoms with Gasteiger partial charge in [-0.25, -0.2) is 22.2 Å². The molecule has 12 heteroatoms. The zero-order chi connectivity index (χ0) is 25.9. The van der Waals surface area contributed by atoms with Crippen LogP contribution in [-0.2, 0) is 14.9 Å². The quantitative estimate of drug-likeness (QED) is 0.334. The molecule has 0 fully saturated rings. The number of carbonyl (C=O) groups is 1. The van der Waals surface area contributed by atoms with Crippen molar-refractivity contribution in [2.45, 2.75) is 4.90 Å². The summed E-state index contributed by atoms with van der Waals surface area (Å²) in [4.78, 5) is 22.9. The van der Waals surface area contributed by atoms with E-state index in [0.717, 1.165) is 25.3 Å². The molecule has 0 aliphatic carbocycles. The zero-order valence-electron chi connectivity index (χ0n) is 18.9. The second kappa shape index (κ2) is 10.2. The van der Waals surface area contributed by atoms with Crippen LogP contribution in [0.4, 0.5) is 14.5 Å². The van der Waals surface area contributed by atoms with Crippen LogP contribution in [0, 0.1) is 11.6 Å². The maximum Gasteiger partial charge on any atom is 0.265 e. The molecule has 0 unspecified atom stereocenters. The lowest BCUT2D eigenvalue weighted by atomic mass is 10.1. The molecule has 3 aromatic carbocycles. The fraction of sp³-hybridized carbons (Fsp3) is 0.0833. The molecule has 36 heavy (non-hydrogen) atoms. The van der Waals surface area contributed by atoms with E-state index in [9.17, 15) is 22.0 Å². The zero-order valence-corrected chi connectivity index (χ0v) is 19.7. The van der Waals surface area contributed by atoms with Gasteiger partial charge in [0.2, 0.25) is 5.88 Å². The maximum absolute atomic E-state index is 14.5. The van der Waals surface area contributed by atoms with Gasteiger partial charge >= 0.3 is 0 Å². The van der Waals surface area contributed by atoms with Crippen LogP contribution in [0.5, 0.6) is 17.4 Å². The number of methoxy groups -OCH3 is 1. The number of amides is 1. The van der Waals surface area contributed by atoms with Gasteiger partial charge < -0.3 is 14.8 Å². The first-order valence-electron chi connectivity index (χ1n) is 10.3. The van der Waals surface area contributed by atoms with Gasteiger partial charge in [-0.2, -0.15) is 0 Å². The largest absolute Gasteiger partial charge is 0.494 e. The Morgan fingerprint density at radius 1 is 0.944 bits per heavy atom. The normalized spacial score (nSPS) is 11.3. The molecular weight excluding hydrogens is 496 g/mol. The van der Waals surface area contributed by atoms with E-state index in [0.29, 0.717) is 10.9 Å². The molecule has 4 rings (SSSR count). The van der Waals surface area contributed by atoms with Crippen molar-refractivity contribution in [2.75, 3.05) is 19.5 Å². The number of benzene rings is 3. The molecule has 0 saturated heterocycles. The number of ether oxygens (including phenoxy) is 2. The second-order valence-corrected chi connectivity index (χ2v) is 8.94. The fourth-order valence-electron chi connectivity index (χ4n) is 3.31. The Morgan fingerprint density at radius 2 is 1.72 bits per heavy atom. The maximum atomic E-state index is 14.5. The monoisotopic (exact) mass is 515 g/mol. The van der Waals surface area contributed by atoms with Crippen molar-refractivity contribution in [1.82, 2.24) is 9.87 Å². The van der Waals surface area contributed by atoms with Gasteiger partial charge in [0.05, 0.1) is 19.7 Å². The van der Waals surface area contributed by atoms with Crippen LogP contribution < -0.4 is 19.7 Å². The molecule has 0 bridgehead atoms. The van der Waals surface area contributed by atoms with Crippen LogP contribution in [0.15, 0.2) is 71.6 Å². The standard InChI is InChI=1S/C24H19F2N3O6S/c1-33-21-9-8-16(13-18(21)25)35-24-17(11-14-5-3-4-6-20(14)28-24)23(30)27-15-7-10-22(19(26)12-15)36(31,32)29-34-2/h3-13,29H,1-2H3,(H,27,30). The Balaban J connectivity index is 1.68. The SMILES string of the molecule is CONS(=O)(=O)c1ccc(NC(=O)c2cc3ccccc3nc2Oc2ccc(OC)c(F)c2)cc1F. The van der Waals surface area contributed by atoms with E-state index in [1.807, 2.05) is 0 Å². The molecule has 1 amide bonds. The molecule has 1 heterocycles. The molecule has 9 nitrogen and oxygen atoms in total. The van der Waals surface area contributed by atoms with E-state index in [1.54, 1.807) is 29.2 Å². The molecule has 4 aromatic rings. The molecule has 0 spiro atoms. The summed E-state index contributed by atoms with van der Waals surface area (Å²) < 4.78 is 63.3. The number of anilines is 1. The molecule has 0 radical (unpaired) electrons. The summed E-state index contributed by atoms with van der Waals surface area (Å²) >= 11 is 0. The number of hydrogen-bond donors (Lipinski definition) is 2. The summed E-state index contributed by atoms with van der Waals surface area (Å²) in [6.45, 7) is 0. The van der Waals surface area contributed by atoms with Crippen LogP contribution in [0.1, 0.15) is 10.4 Å². The van der Waals surface area contributed by atoms with E-state index in [1.165, 1.54) is 31.4 Å².